The monoisotopic (exact) mass is 399 g/mol. The number of aliphatic carboxylic acids is 1. The van der Waals surface area contributed by atoms with Crippen LogP contribution in [0.25, 0.3) is 11.4 Å². The summed E-state index contributed by atoms with van der Waals surface area (Å²) in [7, 11) is 0. The molecule has 0 unspecified atom stereocenters. The number of nitrogens with one attached hydrogen (secondary N) is 1. The first-order chi connectivity index (χ1) is 13.9. The standard InChI is InChI=1S/C20H25N5O4/c1-3-14-11-18(21-15-9-17(10-15)24(4-2)12-19(26)27)23-20(22-14)13-5-7-16(8-6-13)25(28)29/h5-8,11,15,17H,3-4,9-10,12H2,1-2H3,(H,26,27)(H,21,22,23). The Bertz CT molecular complexity index is 881. The number of nitrogens with zero attached hydrogens (tertiary/aromatic N) is 4. The van der Waals surface area contributed by atoms with Crippen LogP contribution in [0.2, 0.25) is 0 Å². The molecular formula is C20H25N5O4. The Kier molecular flexibility index (Phi) is 6.38. The van der Waals surface area contributed by atoms with Gasteiger partial charge >= 0.3 is 5.97 Å². The summed E-state index contributed by atoms with van der Waals surface area (Å²) in [5, 5.41) is 23.3. The number of aromatic nitrogens is 2. The highest BCUT2D eigenvalue weighted by atomic mass is 16.6. The summed E-state index contributed by atoms with van der Waals surface area (Å²) < 4.78 is 0. The molecule has 1 fully saturated rings. The number of carbonyl (C=O) groups is 1. The van der Waals surface area contributed by atoms with Gasteiger partial charge < -0.3 is 10.4 Å². The van der Waals surface area contributed by atoms with Crippen molar-refractivity contribution in [2.75, 3.05) is 18.4 Å². The molecule has 2 aromatic rings. The predicted molar refractivity (Wildman–Crippen MR) is 109 cm³/mol. The molecule has 1 aliphatic rings. The molecule has 0 saturated heterocycles. The van der Waals surface area contributed by atoms with Crippen LogP contribution in [0.1, 0.15) is 32.4 Å². The number of carboxylic acids is 1. The van der Waals surface area contributed by atoms with Gasteiger partial charge in [-0.2, -0.15) is 0 Å². The molecule has 9 heteroatoms. The maximum absolute atomic E-state index is 11.0. The Morgan fingerprint density at radius 2 is 1.97 bits per heavy atom. The Hall–Kier alpha value is -3.07. The molecule has 0 amide bonds. The molecule has 0 radical (unpaired) electrons. The Labute approximate surface area is 168 Å². The maximum atomic E-state index is 11.0. The lowest BCUT2D eigenvalue weighted by atomic mass is 9.85. The minimum absolute atomic E-state index is 0.0288. The van der Waals surface area contributed by atoms with E-state index < -0.39 is 10.9 Å². The third-order valence-electron chi connectivity index (χ3n) is 5.20. The van der Waals surface area contributed by atoms with Gasteiger partial charge in [0.05, 0.1) is 11.5 Å². The lowest BCUT2D eigenvalue weighted by Crippen LogP contribution is -2.51. The molecule has 9 nitrogen and oxygen atoms in total. The quantitative estimate of drug-likeness (QED) is 0.487. The van der Waals surface area contributed by atoms with Gasteiger partial charge in [-0.25, -0.2) is 9.97 Å². The molecule has 0 aliphatic heterocycles. The molecule has 1 aromatic heterocycles. The zero-order chi connectivity index (χ0) is 21.0. The first-order valence-electron chi connectivity index (χ1n) is 9.74. The molecule has 1 aromatic carbocycles. The number of benzene rings is 1. The number of nitro groups is 1. The SMILES string of the molecule is CCc1cc(NC2CC(N(CC)CC(=O)O)C2)nc(-c2ccc([N+](=O)[O-])cc2)n1. The van der Waals surface area contributed by atoms with Crippen molar-refractivity contribution in [1.29, 1.82) is 0 Å². The first-order valence-corrected chi connectivity index (χ1v) is 9.74. The topological polar surface area (TPSA) is 121 Å². The summed E-state index contributed by atoms with van der Waals surface area (Å²) in [5.41, 5.74) is 1.63. The van der Waals surface area contributed by atoms with Gasteiger partial charge in [-0.05, 0) is 37.9 Å². The number of carboxylic acid groups (broad SMARTS) is 1. The number of anilines is 1. The van der Waals surface area contributed by atoms with E-state index in [2.05, 4.69) is 15.3 Å². The van der Waals surface area contributed by atoms with Crippen molar-refractivity contribution in [3.63, 3.8) is 0 Å². The van der Waals surface area contributed by atoms with E-state index in [9.17, 15) is 14.9 Å². The number of rotatable bonds is 9. The van der Waals surface area contributed by atoms with Gasteiger partial charge in [0.15, 0.2) is 5.82 Å². The van der Waals surface area contributed by atoms with Gasteiger partial charge in [-0.1, -0.05) is 13.8 Å². The lowest BCUT2D eigenvalue weighted by Gasteiger charge is -2.42. The number of hydrogen-bond donors (Lipinski definition) is 2. The van der Waals surface area contributed by atoms with E-state index in [1.165, 1.54) is 12.1 Å². The van der Waals surface area contributed by atoms with E-state index in [4.69, 9.17) is 5.11 Å². The third-order valence-corrected chi connectivity index (χ3v) is 5.20. The summed E-state index contributed by atoms with van der Waals surface area (Å²) in [6.07, 6.45) is 2.46. The van der Waals surface area contributed by atoms with Crippen LogP contribution in [0, 0.1) is 10.1 Å². The largest absolute Gasteiger partial charge is 0.480 e. The molecule has 29 heavy (non-hydrogen) atoms. The average molecular weight is 399 g/mol. The second-order valence-corrected chi connectivity index (χ2v) is 7.15. The van der Waals surface area contributed by atoms with Crippen LogP contribution in [-0.2, 0) is 11.2 Å². The van der Waals surface area contributed by atoms with Crippen molar-refractivity contribution in [2.45, 2.75) is 45.2 Å². The molecule has 1 aliphatic carbocycles. The fraction of sp³-hybridized carbons (Fsp3) is 0.450. The number of non-ortho nitro benzene ring substituents is 1. The van der Waals surface area contributed by atoms with E-state index in [0.717, 1.165) is 36.3 Å². The fourth-order valence-electron chi connectivity index (χ4n) is 3.50. The minimum atomic E-state index is -0.806. The molecular weight excluding hydrogens is 374 g/mol. The summed E-state index contributed by atoms with van der Waals surface area (Å²) in [6, 6.07) is 8.60. The zero-order valence-corrected chi connectivity index (χ0v) is 16.5. The predicted octanol–water partition coefficient (Wildman–Crippen LogP) is 2.96. The first kappa shape index (κ1) is 20.7. The van der Waals surface area contributed by atoms with Gasteiger partial charge in [0.25, 0.3) is 5.69 Å². The van der Waals surface area contributed by atoms with E-state index >= 15 is 0 Å². The highest BCUT2D eigenvalue weighted by Crippen LogP contribution is 2.29. The van der Waals surface area contributed by atoms with Gasteiger partial charge in [0.2, 0.25) is 0 Å². The molecule has 2 N–H and O–H groups in total. The molecule has 0 atom stereocenters. The van der Waals surface area contributed by atoms with Crippen molar-refractivity contribution in [2.24, 2.45) is 0 Å². The minimum Gasteiger partial charge on any atom is -0.480 e. The number of hydrogen-bond acceptors (Lipinski definition) is 7. The Morgan fingerprint density at radius 1 is 1.28 bits per heavy atom. The van der Waals surface area contributed by atoms with E-state index in [1.807, 2.05) is 24.8 Å². The van der Waals surface area contributed by atoms with Gasteiger partial charge in [-0.15, -0.1) is 0 Å². The van der Waals surface area contributed by atoms with Crippen LogP contribution in [0.4, 0.5) is 11.5 Å². The van der Waals surface area contributed by atoms with Crippen LogP contribution in [0.5, 0.6) is 0 Å². The summed E-state index contributed by atoms with van der Waals surface area (Å²) >= 11 is 0. The lowest BCUT2D eigenvalue weighted by molar-refractivity contribution is -0.384. The zero-order valence-electron chi connectivity index (χ0n) is 16.5. The third kappa shape index (κ3) is 5.05. The van der Waals surface area contributed by atoms with Crippen molar-refractivity contribution in [3.8, 4) is 11.4 Å². The van der Waals surface area contributed by atoms with Gasteiger partial charge in [0, 0.05) is 41.5 Å². The van der Waals surface area contributed by atoms with Gasteiger partial charge in [-0.3, -0.25) is 19.8 Å². The normalized spacial score (nSPS) is 18.3. The summed E-state index contributed by atoms with van der Waals surface area (Å²) in [4.78, 5) is 32.5. The second-order valence-electron chi connectivity index (χ2n) is 7.15. The highest BCUT2D eigenvalue weighted by molar-refractivity contribution is 5.69. The summed E-state index contributed by atoms with van der Waals surface area (Å²) in [5.74, 6) is 0.438. The maximum Gasteiger partial charge on any atom is 0.317 e. The van der Waals surface area contributed by atoms with Crippen LogP contribution in [-0.4, -0.2) is 56.0 Å². The molecule has 3 rings (SSSR count). The van der Waals surface area contributed by atoms with Crippen LogP contribution >= 0.6 is 0 Å². The number of likely N-dealkylation sites (N-methyl/N-ethyl adjacent to an activating group) is 1. The molecule has 154 valence electrons. The molecule has 0 spiro atoms. The molecule has 1 heterocycles. The summed E-state index contributed by atoms with van der Waals surface area (Å²) in [6.45, 7) is 4.75. The van der Waals surface area contributed by atoms with Crippen LogP contribution < -0.4 is 5.32 Å². The van der Waals surface area contributed by atoms with Crippen molar-refractivity contribution < 1.29 is 14.8 Å². The molecule has 0 bridgehead atoms. The van der Waals surface area contributed by atoms with Gasteiger partial charge in [0.1, 0.15) is 5.82 Å². The smallest absolute Gasteiger partial charge is 0.317 e. The van der Waals surface area contributed by atoms with E-state index in [1.54, 1.807) is 12.1 Å². The highest BCUT2D eigenvalue weighted by Gasteiger charge is 2.34. The number of nitro benzene ring substituents is 1. The van der Waals surface area contributed by atoms with Crippen molar-refractivity contribution in [1.82, 2.24) is 14.9 Å². The average Bonchev–Trinajstić information content (AvgIpc) is 2.68. The van der Waals surface area contributed by atoms with E-state index in [-0.39, 0.29) is 24.3 Å². The van der Waals surface area contributed by atoms with Crippen molar-refractivity contribution in [3.05, 3.63) is 46.1 Å². The van der Waals surface area contributed by atoms with E-state index in [0.29, 0.717) is 12.4 Å². The number of aryl methyl sites for hydroxylation is 1. The fourth-order valence-corrected chi connectivity index (χ4v) is 3.50. The Morgan fingerprint density at radius 3 is 2.52 bits per heavy atom. The molecule has 1 saturated carbocycles. The van der Waals surface area contributed by atoms with Crippen LogP contribution in [0.3, 0.4) is 0 Å². The Balaban J connectivity index is 1.70. The van der Waals surface area contributed by atoms with Crippen molar-refractivity contribution >= 4 is 17.5 Å². The second kappa shape index (κ2) is 8.95. The van der Waals surface area contributed by atoms with Crippen LogP contribution in [0.15, 0.2) is 30.3 Å².